The fourth-order valence-electron chi connectivity index (χ4n) is 5.50. The van der Waals surface area contributed by atoms with E-state index in [1.54, 1.807) is 66.7 Å². The number of aliphatic carboxylic acids is 1. The second kappa shape index (κ2) is 19.7. The molecule has 0 saturated heterocycles. The van der Waals surface area contributed by atoms with E-state index in [9.17, 15) is 19.8 Å². The van der Waals surface area contributed by atoms with Crippen LogP contribution in [0, 0.1) is 5.82 Å². The highest BCUT2D eigenvalue weighted by molar-refractivity contribution is 6.32. The molecule has 0 aliphatic carbocycles. The molecule has 0 aliphatic rings. The summed E-state index contributed by atoms with van der Waals surface area (Å²) in [7, 11) is 0. The Morgan fingerprint density at radius 3 is 2.39 bits per heavy atom. The first kappa shape index (κ1) is 39.9. The predicted molar refractivity (Wildman–Crippen MR) is 195 cm³/mol. The van der Waals surface area contributed by atoms with Crippen molar-refractivity contribution in [1.29, 1.82) is 0 Å². The normalized spacial score (nSPS) is 11.7. The number of nitrogens with zero attached hydrogens (tertiary/aromatic N) is 3. The van der Waals surface area contributed by atoms with Crippen molar-refractivity contribution in [2.24, 2.45) is 0 Å². The van der Waals surface area contributed by atoms with Crippen LogP contribution >= 0.6 is 11.6 Å². The zero-order valence-corrected chi connectivity index (χ0v) is 29.9. The van der Waals surface area contributed by atoms with Gasteiger partial charge in [-0.05, 0) is 58.2 Å². The van der Waals surface area contributed by atoms with Crippen LogP contribution in [0.1, 0.15) is 29.5 Å². The summed E-state index contributed by atoms with van der Waals surface area (Å²) in [4.78, 5) is 25.3. The van der Waals surface area contributed by atoms with Gasteiger partial charge in [0.1, 0.15) is 53.4 Å². The van der Waals surface area contributed by atoms with Crippen LogP contribution in [-0.4, -0.2) is 93.1 Å². The number of halogens is 2. The Morgan fingerprint density at radius 1 is 0.870 bits per heavy atom. The van der Waals surface area contributed by atoms with Gasteiger partial charge in [-0.2, -0.15) is 0 Å². The summed E-state index contributed by atoms with van der Waals surface area (Å²) >= 11 is 6.60. The fraction of sp³-hybridized carbons (Fsp3) is 0.316. The summed E-state index contributed by atoms with van der Waals surface area (Å²) in [5.74, 6) is -0.939. The van der Waals surface area contributed by atoms with Crippen LogP contribution in [0.2, 0.25) is 5.02 Å². The fourth-order valence-corrected chi connectivity index (χ4v) is 5.74. The lowest BCUT2D eigenvalue weighted by molar-refractivity contribution is -0.140. The van der Waals surface area contributed by atoms with Crippen LogP contribution in [0.25, 0.3) is 22.2 Å². The Labute approximate surface area is 314 Å². The number of hydrogen-bond acceptors (Lipinski definition) is 12. The first-order valence-corrected chi connectivity index (χ1v) is 17.4. The summed E-state index contributed by atoms with van der Waals surface area (Å²) in [5, 5.41) is 47.7. The Bertz CT molecular complexity index is 2020. The van der Waals surface area contributed by atoms with Crippen molar-refractivity contribution in [2.45, 2.75) is 38.6 Å². The molecule has 54 heavy (non-hydrogen) atoms. The molecule has 1 unspecified atom stereocenters. The SMILES string of the molecule is O=C(O)C(CO)NCc1cc(Cl)c(OCc2cccc(-c3cccc(OCCCC(=O)N(CCO)CCO)c3)c2F)cc1OCc1ccc2nonc2c1. The lowest BCUT2D eigenvalue weighted by Gasteiger charge is -2.20. The van der Waals surface area contributed by atoms with Gasteiger partial charge in [-0.15, -0.1) is 0 Å². The van der Waals surface area contributed by atoms with Gasteiger partial charge in [-0.3, -0.25) is 14.9 Å². The largest absolute Gasteiger partial charge is 0.494 e. The Morgan fingerprint density at radius 2 is 1.63 bits per heavy atom. The molecule has 0 saturated carbocycles. The predicted octanol–water partition coefficient (Wildman–Crippen LogP) is 4.35. The van der Waals surface area contributed by atoms with E-state index < -0.39 is 24.4 Å². The van der Waals surface area contributed by atoms with Crippen molar-refractivity contribution in [2.75, 3.05) is 39.5 Å². The molecule has 5 N–H and O–H groups in total. The smallest absolute Gasteiger partial charge is 0.323 e. The van der Waals surface area contributed by atoms with Crippen molar-refractivity contribution in [3.63, 3.8) is 0 Å². The number of amides is 1. The van der Waals surface area contributed by atoms with Crippen molar-refractivity contribution < 1.29 is 53.2 Å². The molecule has 5 rings (SSSR count). The number of fused-ring (bicyclic) bond motifs is 1. The molecule has 0 fully saturated rings. The molecular weight excluding hydrogens is 727 g/mol. The number of nitrogens with one attached hydrogen (secondary N) is 1. The van der Waals surface area contributed by atoms with Gasteiger partial charge >= 0.3 is 5.97 Å². The molecule has 16 heteroatoms. The van der Waals surface area contributed by atoms with Gasteiger partial charge in [0.2, 0.25) is 5.91 Å². The van der Waals surface area contributed by atoms with Gasteiger partial charge in [-0.25, -0.2) is 9.02 Å². The van der Waals surface area contributed by atoms with Gasteiger partial charge in [-0.1, -0.05) is 48.0 Å². The molecule has 0 bridgehead atoms. The quantitative estimate of drug-likeness (QED) is 0.0662. The average molecular weight is 767 g/mol. The van der Waals surface area contributed by atoms with Gasteiger partial charge in [0.05, 0.1) is 31.5 Å². The highest BCUT2D eigenvalue weighted by atomic mass is 35.5. The third kappa shape index (κ3) is 10.6. The summed E-state index contributed by atoms with van der Waals surface area (Å²) in [6, 6.07) is 19.0. The maximum Gasteiger partial charge on any atom is 0.323 e. The third-order valence-corrected chi connectivity index (χ3v) is 8.65. The Kier molecular flexibility index (Phi) is 14.5. The van der Waals surface area contributed by atoms with Crippen molar-refractivity contribution in [1.82, 2.24) is 20.5 Å². The molecule has 4 aromatic carbocycles. The molecular formula is C38H40ClFN4O10. The number of ether oxygens (including phenoxy) is 3. The molecule has 0 aliphatic heterocycles. The minimum Gasteiger partial charge on any atom is -0.494 e. The van der Waals surface area contributed by atoms with E-state index in [0.29, 0.717) is 45.6 Å². The first-order chi connectivity index (χ1) is 26.2. The number of rotatable bonds is 21. The first-order valence-electron chi connectivity index (χ1n) is 17.1. The van der Waals surface area contributed by atoms with E-state index in [2.05, 4.69) is 15.6 Å². The highest BCUT2D eigenvalue weighted by Gasteiger charge is 2.19. The van der Waals surface area contributed by atoms with E-state index in [1.807, 2.05) is 0 Å². The van der Waals surface area contributed by atoms with Crippen molar-refractivity contribution in [3.8, 4) is 28.4 Å². The second-order valence-corrected chi connectivity index (χ2v) is 12.5. The van der Waals surface area contributed by atoms with Crippen molar-refractivity contribution >= 4 is 34.5 Å². The molecule has 14 nitrogen and oxygen atoms in total. The number of carbonyl (C=O) groups excluding carboxylic acids is 1. The lowest BCUT2D eigenvalue weighted by atomic mass is 10.0. The Balaban J connectivity index is 1.27. The van der Waals surface area contributed by atoms with Crippen LogP contribution in [-0.2, 0) is 29.3 Å². The summed E-state index contributed by atoms with van der Waals surface area (Å²) < 4.78 is 38.7. The maximum absolute atomic E-state index is 16.0. The monoisotopic (exact) mass is 766 g/mol. The van der Waals surface area contributed by atoms with Gasteiger partial charge in [0, 0.05) is 48.8 Å². The molecule has 1 aromatic heterocycles. The van der Waals surface area contributed by atoms with E-state index in [4.69, 9.17) is 40.7 Å². The number of aliphatic hydroxyl groups is 3. The van der Waals surface area contributed by atoms with Crippen LogP contribution < -0.4 is 19.5 Å². The van der Waals surface area contributed by atoms with Gasteiger partial charge < -0.3 is 39.5 Å². The zero-order chi connectivity index (χ0) is 38.5. The van der Waals surface area contributed by atoms with E-state index >= 15 is 4.39 Å². The number of carboxylic acids is 1. The van der Waals surface area contributed by atoms with Crippen LogP contribution in [0.5, 0.6) is 17.2 Å². The average Bonchev–Trinajstić information content (AvgIpc) is 3.64. The third-order valence-electron chi connectivity index (χ3n) is 8.35. The highest BCUT2D eigenvalue weighted by Crippen LogP contribution is 2.35. The molecule has 1 amide bonds. The zero-order valence-electron chi connectivity index (χ0n) is 29.1. The Hall–Kier alpha value is -5.32. The molecule has 1 heterocycles. The standard InChI is InChI=1S/C38H40ClFN4O10/c39-30-18-27(20-41-33(21-47)38(49)50)34(52-22-24-9-10-31-32(16-24)43-54-42-31)19-35(30)53-23-26-5-2-7-29(37(26)40)25-4-1-6-28(17-25)51-15-3-8-36(48)44(11-13-45)12-14-46/h1-2,4-7,9-10,16-19,33,41,45-47H,3,8,11-15,20-23H2,(H,49,50). The molecule has 1 atom stereocenters. The van der Waals surface area contributed by atoms with Crippen LogP contribution in [0.4, 0.5) is 4.39 Å². The lowest BCUT2D eigenvalue weighted by Crippen LogP contribution is -2.39. The number of aliphatic hydroxyl groups excluding tert-OH is 3. The number of benzene rings is 4. The number of aromatic nitrogens is 2. The minimum absolute atomic E-state index is 0.00939. The number of hydrogen-bond donors (Lipinski definition) is 5. The second-order valence-electron chi connectivity index (χ2n) is 12.1. The van der Waals surface area contributed by atoms with E-state index in [0.717, 1.165) is 5.56 Å². The summed E-state index contributed by atoms with van der Waals surface area (Å²) in [6.45, 7) is -0.601. The minimum atomic E-state index is -1.23. The number of carbonyl (C=O) groups is 2. The molecule has 5 aromatic rings. The molecule has 0 spiro atoms. The van der Waals surface area contributed by atoms with Gasteiger partial charge in [0.15, 0.2) is 0 Å². The van der Waals surface area contributed by atoms with Crippen LogP contribution in [0.3, 0.4) is 0 Å². The van der Waals surface area contributed by atoms with Crippen molar-refractivity contribution in [3.05, 3.63) is 100 Å². The van der Waals surface area contributed by atoms with Gasteiger partial charge in [0.25, 0.3) is 0 Å². The topological polar surface area (TPSA) is 197 Å². The maximum atomic E-state index is 16.0. The van der Waals surface area contributed by atoms with E-state index in [-0.39, 0.29) is 81.3 Å². The van der Waals surface area contributed by atoms with E-state index in [1.165, 1.54) is 11.0 Å². The number of carboxylic acid groups (broad SMARTS) is 1. The summed E-state index contributed by atoms with van der Waals surface area (Å²) in [5.41, 5.74) is 3.48. The summed E-state index contributed by atoms with van der Waals surface area (Å²) in [6.07, 6.45) is 0.590. The molecule has 0 radical (unpaired) electrons. The molecule has 286 valence electrons. The van der Waals surface area contributed by atoms with Crippen LogP contribution in [0.15, 0.2) is 77.4 Å².